The number of ether oxygens (including phenoxy) is 2. The number of nitrogens with zero attached hydrogens (tertiary/aromatic N) is 4. The third kappa shape index (κ3) is 4.11. The Hall–Kier alpha value is -5.36. The number of aromatic nitrogens is 4. The lowest BCUT2D eigenvalue weighted by atomic mass is 10.0. The van der Waals surface area contributed by atoms with Crippen LogP contribution in [0.25, 0.3) is 66.8 Å². The fourth-order valence-corrected chi connectivity index (χ4v) is 5.87. The maximum atomic E-state index is 5.98. The molecular weight excluding hydrogens is 520 g/mol. The van der Waals surface area contributed by atoms with E-state index < -0.39 is 0 Å². The molecule has 42 heavy (non-hydrogen) atoms. The van der Waals surface area contributed by atoms with Crippen LogP contribution >= 0.6 is 0 Å². The Morgan fingerprint density at radius 1 is 0.476 bits per heavy atom. The third-order valence-corrected chi connectivity index (χ3v) is 7.95. The minimum absolute atomic E-state index is 0.794. The second-order valence-corrected chi connectivity index (χ2v) is 10.4. The van der Waals surface area contributed by atoms with Crippen LogP contribution in [0.4, 0.5) is 0 Å². The molecule has 7 rings (SSSR count). The first-order chi connectivity index (χ1) is 20.6. The van der Waals surface area contributed by atoms with Gasteiger partial charge in [0.25, 0.3) is 0 Å². The maximum Gasteiger partial charge on any atom is 0.137 e. The molecule has 206 valence electrons. The molecule has 0 N–H and O–H groups in total. The molecule has 6 nitrogen and oxygen atoms in total. The lowest BCUT2D eigenvalue weighted by molar-refractivity contribution is 0.417. The molecule has 0 fully saturated rings. The van der Waals surface area contributed by atoms with Crippen LogP contribution in [0.5, 0.6) is 11.5 Å². The van der Waals surface area contributed by atoms with Crippen molar-refractivity contribution in [3.8, 4) is 56.5 Å². The molecule has 0 saturated carbocycles. The molecule has 0 aliphatic heterocycles. The van der Waals surface area contributed by atoms with Crippen LogP contribution in [0, 0.1) is 0 Å². The molecule has 0 spiro atoms. The van der Waals surface area contributed by atoms with Crippen molar-refractivity contribution in [1.29, 1.82) is 0 Å². The number of fused-ring (bicyclic) bond motifs is 3. The first-order valence-corrected chi connectivity index (χ1v) is 13.9. The number of aryl methyl sites for hydroxylation is 2. The van der Waals surface area contributed by atoms with E-state index in [1.165, 1.54) is 0 Å². The van der Waals surface area contributed by atoms with E-state index in [-0.39, 0.29) is 0 Å². The van der Waals surface area contributed by atoms with Crippen molar-refractivity contribution in [3.63, 3.8) is 0 Å². The Kier molecular flexibility index (Phi) is 6.24. The minimum Gasteiger partial charge on any atom is -0.495 e. The molecule has 6 heteroatoms. The Balaban J connectivity index is 1.41. The van der Waals surface area contributed by atoms with E-state index in [1.807, 2.05) is 38.6 Å². The Morgan fingerprint density at radius 3 is 1.26 bits per heavy atom. The molecule has 0 radical (unpaired) electrons. The van der Waals surface area contributed by atoms with Crippen molar-refractivity contribution in [2.75, 3.05) is 14.2 Å². The van der Waals surface area contributed by atoms with E-state index in [0.717, 1.165) is 78.3 Å². The quantitative estimate of drug-likeness (QED) is 0.196. The van der Waals surface area contributed by atoms with Crippen LogP contribution in [0.1, 0.15) is 0 Å². The highest BCUT2D eigenvalue weighted by Crippen LogP contribution is 2.41. The zero-order chi connectivity index (χ0) is 28.8. The van der Waals surface area contributed by atoms with Gasteiger partial charge in [-0.2, -0.15) is 0 Å². The smallest absolute Gasteiger partial charge is 0.137 e. The van der Waals surface area contributed by atoms with Crippen molar-refractivity contribution in [2.24, 2.45) is 14.1 Å². The summed E-state index contributed by atoms with van der Waals surface area (Å²) in [6, 6.07) is 33.2. The monoisotopic (exact) mass is 550 g/mol. The predicted molar refractivity (Wildman–Crippen MR) is 170 cm³/mol. The number of hydrogen-bond acceptors (Lipinski definition) is 4. The number of methoxy groups -OCH3 is 2. The summed E-state index contributed by atoms with van der Waals surface area (Å²) in [7, 11) is 7.50. The molecule has 0 atom stereocenters. The lowest BCUT2D eigenvalue weighted by Crippen LogP contribution is -1.98. The van der Waals surface area contributed by atoms with Crippen LogP contribution in [-0.2, 0) is 14.1 Å². The second kappa shape index (κ2) is 10.2. The van der Waals surface area contributed by atoms with E-state index in [4.69, 9.17) is 19.4 Å². The third-order valence-electron chi connectivity index (χ3n) is 7.95. The summed E-state index contributed by atoms with van der Waals surface area (Å²) < 4.78 is 16.1. The molecule has 0 amide bonds. The van der Waals surface area contributed by atoms with E-state index in [9.17, 15) is 0 Å². The van der Waals surface area contributed by atoms with Crippen LogP contribution in [0.2, 0.25) is 0 Å². The highest BCUT2D eigenvalue weighted by Gasteiger charge is 2.18. The van der Waals surface area contributed by atoms with Crippen LogP contribution in [0.3, 0.4) is 0 Å². The van der Waals surface area contributed by atoms with Crippen LogP contribution in [-0.4, -0.2) is 33.3 Å². The zero-order valence-corrected chi connectivity index (χ0v) is 24.0. The fraction of sp³-hybridized carbons (Fsp3) is 0.111. The number of benzene rings is 3. The maximum absolute atomic E-state index is 5.98. The van der Waals surface area contributed by atoms with Crippen molar-refractivity contribution >= 4 is 21.8 Å². The zero-order valence-electron chi connectivity index (χ0n) is 24.0. The molecule has 0 aliphatic rings. The first-order valence-electron chi connectivity index (χ1n) is 13.9. The van der Waals surface area contributed by atoms with Gasteiger partial charge >= 0.3 is 0 Å². The molecule has 3 aromatic carbocycles. The standard InChI is InChI=1S/C36H30N4O2/c1-39-21-7-13-31(39)27-11-5-9-25(35(27)41-3)29-19-17-23-15-16-24-18-20-30(38-34(24)33(23)37-29)26-10-6-12-28(36(26)42-4)32-14-8-22-40(32)2/h5-22H,1-4H3. The van der Waals surface area contributed by atoms with Crippen molar-refractivity contribution in [1.82, 2.24) is 19.1 Å². The van der Waals surface area contributed by atoms with Gasteiger partial charge in [0.15, 0.2) is 0 Å². The minimum atomic E-state index is 0.794. The molecule has 4 aromatic heterocycles. The normalized spacial score (nSPS) is 11.3. The summed E-state index contributed by atoms with van der Waals surface area (Å²) in [4.78, 5) is 10.4. The van der Waals surface area contributed by atoms with Crippen molar-refractivity contribution in [3.05, 3.63) is 109 Å². The van der Waals surface area contributed by atoms with E-state index in [2.05, 4.69) is 94.1 Å². The number of rotatable bonds is 6. The Morgan fingerprint density at radius 2 is 0.881 bits per heavy atom. The highest BCUT2D eigenvalue weighted by atomic mass is 16.5. The van der Waals surface area contributed by atoms with Gasteiger partial charge in [0.1, 0.15) is 11.5 Å². The van der Waals surface area contributed by atoms with E-state index in [1.54, 1.807) is 14.2 Å². The summed E-state index contributed by atoms with van der Waals surface area (Å²) in [5.41, 5.74) is 9.42. The fourth-order valence-electron chi connectivity index (χ4n) is 5.87. The van der Waals surface area contributed by atoms with E-state index >= 15 is 0 Å². The highest BCUT2D eigenvalue weighted by molar-refractivity contribution is 6.04. The van der Waals surface area contributed by atoms with Crippen LogP contribution < -0.4 is 9.47 Å². The molecule has 7 aromatic rings. The summed E-state index contributed by atoms with van der Waals surface area (Å²) in [6.07, 6.45) is 4.07. The molecule has 4 heterocycles. The predicted octanol–water partition coefficient (Wildman–Crippen LogP) is 8.15. The van der Waals surface area contributed by atoms with Crippen LogP contribution in [0.15, 0.2) is 109 Å². The average molecular weight is 551 g/mol. The molecule has 0 unspecified atom stereocenters. The summed E-state index contributed by atoms with van der Waals surface area (Å²) in [6.45, 7) is 0. The van der Waals surface area contributed by atoms with Gasteiger partial charge in [0.2, 0.25) is 0 Å². The van der Waals surface area contributed by atoms with Gasteiger partial charge in [-0.3, -0.25) is 0 Å². The van der Waals surface area contributed by atoms with Gasteiger partial charge in [-0.25, -0.2) is 9.97 Å². The molecule has 0 saturated heterocycles. The van der Waals surface area contributed by atoms with Gasteiger partial charge in [0, 0.05) is 59.5 Å². The Labute approximate surface area is 244 Å². The summed E-state index contributed by atoms with van der Waals surface area (Å²) in [5, 5.41) is 2.05. The van der Waals surface area contributed by atoms with Gasteiger partial charge in [-0.15, -0.1) is 0 Å². The molecular formula is C36H30N4O2. The van der Waals surface area contributed by atoms with Gasteiger partial charge in [0.05, 0.1) is 48.0 Å². The summed E-state index contributed by atoms with van der Waals surface area (Å²) >= 11 is 0. The summed E-state index contributed by atoms with van der Waals surface area (Å²) in [5.74, 6) is 1.59. The number of hydrogen-bond donors (Lipinski definition) is 0. The molecule has 0 bridgehead atoms. The van der Waals surface area contributed by atoms with Gasteiger partial charge in [-0.05, 0) is 60.7 Å². The number of pyridine rings is 2. The molecule has 0 aliphatic carbocycles. The van der Waals surface area contributed by atoms with Crippen molar-refractivity contribution < 1.29 is 9.47 Å². The SMILES string of the molecule is COc1c(-c2ccc3ccc4ccc(-c5cccc(-c6cccn6C)c5OC)nc4c3n2)cccc1-c1cccn1C. The van der Waals surface area contributed by atoms with E-state index in [0.29, 0.717) is 0 Å². The average Bonchev–Trinajstić information content (AvgIpc) is 3.66. The Bertz CT molecular complexity index is 1950. The topological polar surface area (TPSA) is 54.1 Å². The van der Waals surface area contributed by atoms with Gasteiger partial charge in [-0.1, -0.05) is 36.4 Å². The second-order valence-electron chi connectivity index (χ2n) is 10.4. The first kappa shape index (κ1) is 25.6. The largest absolute Gasteiger partial charge is 0.495 e. The van der Waals surface area contributed by atoms with Crippen molar-refractivity contribution in [2.45, 2.75) is 0 Å². The number of para-hydroxylation sites is 2. The lowest BCUT2D eigenvalue weighted by Gasteiger charge is -2.15. The van der Waals surface area contributed by atoms with Gasteiger partial charge < -0.3 is 18.6 Å².